The number of piperidine rings is 1. The van der Waals surface area contributed by atoms with Gasteiger partial charge in [0.05, 0.1) is 0 Å². The van der Waals surface area contributed by atoms with Crippen LogP contribution in [-0.4, -0.2) is 37.6 Å². The quantitative estimate of drug-likeness (QED) is 0.821. The van der Waals surface area contributed by atoms with Gasteiger partial charge in [-0.25, -0.2) is 0 Å². The van der Waals surface area contributed by atoms with Gasteiger partial charge in [-0.3, -0.25) is 0 Å². The Balaban J connectivity index is 1.82. The van der Waals surface area contributed by atoms with E-state index in [2.05, 4.69) is 38.0 Å². The fourth-order valence-electron chi connectivity index (χ4n) is 4.41. The third-order valence-corrected chi connectivity index (χ3v) is 6.08. The third-order valence-electron chi connectivity index (χ3n) is 6.08. The number of nitrogens with zero attached hydrogens (tertiary/aromatic N) is 1. The van der Waals surface area contributed by atoms with Gasteiger partial charge in [0.25, 0.3) is 0 Å². The van der Waals surface area contributed by atoms with Crippen LogP contribution in [-0.2, 0) is 0 Å². The molecule has 0 aromatic carbocycles. The second kappa shape index (κ2) is 7.26. The van der Waals surface area contributed by atoms with Crippen molar-refractivity contribution in [3.63, 3.8) is 0 Å². The summed E-state index contributed by atoms with van der Waals surface area (Å²) in [6.07, 6.45) is 9.92. The van der Waals surface area contributed by atoms with Crippen LogP contribution < -0.4 is 5.32 Å². The average Bonchev–Trinajstić information content (AvgIpc) is 2.48. The van der Waals surface area contributed by atoms with E-state index in [1.54, 1.807) is 0 Å². The van der Waals surface area contributed by atoms with E-state index < -0.39 is 0 Å². The summed E-state index contributed by atoms with van der Waals surface area (Å²) in [6, 6.07) is 0.841. The highest BCUT2D eigenvalue weighted by atomic mass is 15.1. The summed E-state index contributed by atoms with van der Waals surface area (Å²) < 4.78 is 0. The summed E-state index contributed by atoms with van der Waals surface area (Å²) in [6.45, 7) is 11.0. The molecule has 1 saturated carbocycles. The highest BCUT2D eigenvalue weighted by molar-refractivity contribution is 4.87. The Kier molecular flexibility index (Phi) is 5.92. The van der Waals surface area contributed by atoms with Gasteiger partial charge < -0.3 is 10.2 Å². The summed E-state index contributed by atoms with van der Waals surface area (Å²) in [7, 11) is 2.37. The van der Waals surface area contributed by atoms with Crippen molar-refractivity contribution in [1.82, 2.24) is 10.2 Å². The Morgan fingerprint density at radius 1 is 1.10 bits per heavy atom. The number of hydrogen-bond acceptors (Lipinski definition) is 2. The second-order valence-corrected chi connectivity index (χ2v) is 8.03. The maximum Gasteiger partial charge on any atom is 0.00926 e. The normalized spacial score (nSPS) is 32.5. The van der Waals surface area contributed by atoms with Crippen LogP contribution in [0.5, 0.6) is 0 Å². The molecule has 1 heterocycles. The van der Waals surface area contributed by atoms with Gasteiger partial charge in [-0.1, -0.05) is 27.2 Å². The molecule has 118 valence electrons. The molecule has 0 aromatic rings. The van der Waals surface area contributed by atoms with E-state index in [-0.39, 0.29) is 0 Å². The van der Waals surface area contributed by atoms with Gasteiger partial charge in [-0.2, -0.15) is 0 Å². The molecule has 2 fully saturated rings. The molecule has 2 nitrogen and oxygen atoms in total. The van der Waals surface area contributed by atoms with Gasteiger partial charge in [-0.15, -0.1) is 0 Å². The number of rotatable bonds is 5. The summed E-state index contributed by atoms with van der Waals surface area (Å²) in [4.78, 5) is 2.68. The fourth-order valence-corrected chi connectivity index (χ4v) is 4.41. The monoisotopic (exact) mass is 280 g/mol. The maximum atomic E-state index is 3.59. The van der Waals surface area contributed by atoms with E-state index in [1.165, 1.54) is 64.6 Å². The molecule has 1 aliphatic heterocycles. The molecule has 0 amide bonds. The summed E-state index contributed by atoms with van der Waals surface area (Å²) in [5.74, 6) is 1.86. The van der Waals surface area contributed by atoms with E-state index in [0.717, 1.165) is 17.9 Å². The summed E-state index contributed by atoms with van der Waals surface area (Å²) >= 11 is 0. The van der Waals surface area contributed by atoms with Crippen molar-refractivity contribution in [2.45, 2.75) is 71.8 Å². The van der Waals surface area contributed by atoms with Crippen molar-refractivity contribution in [1.29, 1.82) is 0 Å². The van der Waals surface area contributed by atoms with Crippen LogP contribution in [0.4, 0.5) is 0 Å². The molecule has 1 saturated heterocycles. The lowest BCUT2D eigenvalue weighted by molar-refractivity contribution is 0.0724. The first-order valence-electron chi connectivity index (χ1n) is 8.94. The molecule has 0 radical (unpaired) electrons. The molecule has 2 heteroatoms. The van der Waals surface area contributed by atoms with Crippen molar-refractivity contribution in [2.75, 3.05) is 26.7 Å². The molecule has 0 bridgehead atoms. The zero-order valence-electron chi connectivity index (χ0n) is 14.3. The van der Waals surface area contributed by atoms with Crippen molar-refractivity contribution in [2.24, 2.45) is 17.3 Å². The van der Waals surface area contributed by atoms with Crippen LogP contribution in [0.1, 0.15) is 65.7 Å². The predicted molar refractivity (Wildman–Crippen MR) is 88.0 cm³/mol. The van der Waals surface area contributed by atoms with Gasteiger partial charge in [0, 0.05) is 12.6 Å². The van der Waals surface area contributed by atoms with Crippen LogP contribution in [0.3, 0.4) is 0 Å². The smallest absolute Gasteiger partial charge is 0.00926 e. The van der Waals surface area contributed by atoms with E-state index in [4.69, 9.17) is 0 Å². The minimum Gasteiger partial charge on any atom is -0.316 e. The molecule has 2 rings (SSSR count). The van der Waals surface area contributed by atoms with E-state index in [1.807, 2.05) is 0 Å². The minimum atomic E-state index is 0.448. The van der Waals surface area contributed by atoms with Crippen molar-refractivity contribution >= 4 is 0 Å². The highest BCUT2D eigenvalue weighted by Gasteiger charge is 2.33. The first-order chi connectivity index (χ1) is 9.53. The predicted octanol–water partition coefficient (Wildman–Crippen LogP) is 3.91. The highest BCUT2D eigenvalue weighted by Crippen LogP contribution is 2.35. The zero-order chi connectivity index (χ0) is 14.6. The SMILES string of the molecule is CCC1CCC(N(C)CC(C)(C)C2CCCNC2)CC1. The molecule has 1 unspecified atom stereocenters. The minimum absolute atomic E-state index is 0.448. The Morgan fingerprint density at radius 2 is 1.80 bits per heavy atom. The molecule has 1 N–H and O–H groups in total. The molecule has 0 spiro atoms. The van der Waals surface area contributed by atoms with Gasteiger partial charge in [0.1, 0.15) is 0 Å². The number of hydrogen-bond donors (Lipinski definition) is 1. The lowest BCUT2D eigenvalue weighted by Gasteiger charge is -2.43. The molecule has 20 heavy (non-hydrogen) atoms. The van der Waals surface area contributed by atoms with Crippen molar-refractivity contribution < 1.29 is 0 Å². The fraction of sp³-hybridized carbons (Fsp3) is 1.00. The largest absolute Gasteiger partial charge is 0.316 e. The van der Waals surface area contributed by atoms with E-state index in [0.29, 0.717) is 5.41 Å². The Morgan fingerprint density at radius 3 is 2.35 bits per heavy atom. The Hall–Kier alpha value is -0.0800. The van der Waals surface area contributed by atoms with Gasteiger partial charge >= 0.3 is 0 Å². The van der Waals surface area contributed by atoms with Crippen molar-refractivity contribution in [3.05, 3.63) is 0 Å². The molecular formula is C18H36N2. The summed E-state index contributed by atoms with van der Waals surface area (Å²) in [5, 5.41) is 3.59. The first kappa shape index (κ1) is 16.3. The molecule has 1 atom stereocenters. The lowest BCUT2D eigenvalue weighted by Crippen LogP contribution is -2.47. The van der Waals surface area contributed by atoms with E-state index in [9.17, 15) is 0 Å². The zero-order valence-corrected chi connectivity index (χ0v) is 14.3. The Bertz CT molecular complexity index is 273. The molecule has 2 aliphatic rings. The topological polar surface area (TPSA) is 15.3 Å². The lowest BCUT2D eigenvalue weighted by atomic mass is 9.74. The summed E-state index contributed by atoms with van der Waals surface area (Å²) in [5.41, 5.74) is 0.448. The first-order valence-corrected chi connectivity index (χ1v) is 8.94. The van der Waals surface area contributed by atoms with Crippen LogP contribution in [0, 0.1) is 17.3 Å². The second-order valence-electron chi connectivity index (χ2n) is 8.03. The van der Waals surface area contributed by atoms with Gasteiger partial charge in [-0.05, 0) is 75.9 Å². The van der Waals surface area contributed by atoms with Gasteiger partial charge in [0.15, 0.2) is 0 Å². The van der Waals surface area contributed by atoms with Crippen LogP contribution in [0.25, 0.3) is 0 Å². The number of nitrogens with one attached hydrogen (secondary N) is 1. The van der Waals surface area contributed by atoms with Crippen LogP contribution in [0.15, 0.2) is 0 Å². The third kappa shape index (κ3) is 4.21. The van der Waals surface area contributed by atoms with Crippen molar-refractivity contribution in [3.8, 4) is 0 Å². The van der Waals surface area contributed by atoms with Gasteiger partial charge in [0.2, 0.25) is 0 Å². The van der Waals surface area contributed by atoms with E-state index >= 15 is 0 Å². The Labute approximate surface area is 126 Å². The molecule has 0 aromatic heterocycles. The maximum absolute atomic E-state index is 3.59. The molecule has 1 aliphatic carbocycles. The average molecular weight is 281 g/mol. The standard InChI is InChI=1S/C18H36N2/c1-5-15-8-10-17(11-9-15)20(4)14-18(2,3)16-7-6-12-19-13-16/h15-17,19H,5-14H2,1-4H3. The molecular weight excluding hydrogens is 244 g/mol. The van der Waals surface area contributed by atoms with Crippen LogP contribution >= 0.6 is 0 Å². The van der Waals surface area contributed by atoms with Crippen LogP contribution in [0.2, 0.25) is 0 Å².